The minimum Gasteiger partial charge on any atom is -0.493 e. The highest BCUT2D eigenvalue weighted by atomic mass is 16.5. The van der Waals surface area contributed by atoms with Crippen LogP contribution in [0.25, 0.3) is 0 Å². The molecule has 1 aliphatic carbocycles. The van der Waals surface area contributed by atoms with Gasteiger partial charge in [0.05, 0.1) is 6.61 Å². The monoisotopic (exact) mass is 218 g/mol. The summed E-state index contributed by atoms with van der Waals surface area (Å²) in [6.45, 7) is 5.19. The van der Waals surface area contributed by atoms with Gasteiger partial charge in [0.1, 0.15) is 5.75 Å². The van der Waals surface area contributed by atoms with Crippen molar-refractivity contribution in [3.8, 4) is 5.75 Å². The van der Waals surface area contributed by atoms with Gasteiger partial charge in [-0.25, -0.2) is 0 Å². The van der Waals surface area contributed by atoms with E-state index in [0.717, 1.165) is 18.3 Å². The maximum absolute atomic E-state index is 5.96. The summed E-state index contributed by atoms with van der Waals surface area (Å²) in [5.41, 5.74) is 2.61. The lowest BCUT2D eigenvalue weighted by atomic mass is 9.90. The first-order valence-electron chi connectivity index (χ1n) is 6.46. The van der Waals surface area contributed by atoms with E-state index in [9.17, 15) is 0 Å². The van der Waals surface area contributed by atoms with E-state index in [1.807, 2.05) is 0 Å². The number of hydrogen-bond acceptors (Lipinski definition) is 1. The van der Waals surface area contributed by atoms with Gasteiger partial charge in [-0.2, -0.15) is 0 Å². The van der Waals surface area contributed by atoms with Crippen molar-refractivity contribution < 1.29 is 4.74 Å². The number of rotatable bonds is 3. The van der Waals surface area contributed by atoms with Crippen LogP contribution in [0, 0.1) is 19.8 Å². The first-order chi connectivity index (χ1) is 7.77. The second kappa shape index (κ2) is 5.38. The molecule has 0 aromatic heterocycles. The zero-order chi connectivity index (χ0) is 11.4. The summed E-state index contributed by atoms with van der Waals surface area (Å²) in [4.78, 5) is 0. The van der Waals surface area contributed by atoms with Crippen molar-refractivity contribution in [1.29, 1.82) is 0 Å². The summed E-state index contributed by atoms with van der Waals surface area (Å²) in [7, 11) is 0. The van der Waals surface area contributed by atoms with Crippen molar-refractivity contribution in [2.24, 2.45) is 5.92 Å². The van der Waals surface area contributed by atoms with Gasteiger partial charge < -0.3 is 4.74 Å². The Morgan fingerprint density at radius 2 is 1.88 bits per heavy atom. The third-order valence-corrected chi connectivity index (χ3v) is 3.75. The fourth-order valence-corrected chi connectivity index (χ4v) is 2.44. The normalized spacial score (nSPS) is 17.4. The van der Waals surface area contributed by atoms with Crippen molar-refractivity contribution in [2.45, 2.75) is 46.0 Å². The van der Waals surface area contributed by atoms with Crippen LogP contribution < -0.4 is 4.74 Å². The highest BCUT2D eigenvalue weighted by molar-refractivity contribution is 5.38. The van der Waals surface area contributed by atoms with E-state index >= 15 is 0 Å². The maximum atomic E-state index is 5.96. The Labute approximate surface area is 98.8 Å². The van der Waals surface area contributed by atoms with Crippen LogP contribution in [0.15, 0.2) is 18.2 Å². The summed E-state index contributed by atoms with van der Waals surface area (Å²) >= 11 is 0. The predicted octanol–water partition coefficient (Wildman–Crippen LogP) is 4.26. The highest BCUT2D eigenvalue weighted by Crippen LogP contribution is 2.26. The molecule has 0 unspecified atom stereocenters. The molecule has 16 heavy (non-hydrogen) atoms. The van der Waals surface area contributed by atoms with E-state index < -0.39 is 0 Å². The Bertz CT molecular complexity index is 337. The summed E-state index contributed by atoms with van der Waals surface area (Å²) in [6, 6.07) is 6.31. The van der Waals surface area contributed by atoms with Gasteiger partial charge in [0, 0.05) is 0 Å². The molecule has 88 valence electrons. The molecule has 1 fully saturated rings. The Morgan fingerprint density at radius 1 is 1.12 bits per heavy atom. The number of aryl methyl sites for hydroxylation is 1. The van der Waals surface area contributed by atoms with Gasteiger partial charge in [0.2, 0.25) is 0 Å². The average Bonchev–Trinajstić information content (AvgIpc) is 2.32. The van der Waals surface area contributed by atoms with Crippen LogP contribution in [-0.2, 0) is 0 Å². The van der Waals surface area contributed by atoms with Crippen LogP contribution in [0.5, 0.6) is 5.75 Å². The van der Waals surface area contributed by atoms with Crippen molar-refractivity contribution in [3.05, 3.63) is 29.3 Å². The largest absolute Gasteiger partial charge is 0.493 e. The number of hydrogen-bond donors (Lipinski definition) is 0. The summed E-state index contributed by atoms with van der Waals surface area (Å²) in [5.74, 6) is 1.86. The van der Waals surface area contributed by atoms with Crippen LogP contribution in [0.4, 0.5) is 0 Å². The van der Waals surface area contributed by atoms with Gasteiger partial charge in [-0.05, 0) is 49.8 Å². The van der Waals surface area contributed by atoms with Gasteiger partial charge in [0.15, 0.2) is 0 Å². The molecule has 1 heteroatoms. The molecule has 1 nitrogen and oxygen atoms in total. The van der Waals surface area contributed by atoms with Gasteiger partial charge in [-0.3, -0.25) is 0 Å². The summed E-state index contributed by atoms with van der Waals surface area (Å²) in [6.07, 6.45) is 6.90. The zero-order valence-corrected chi connectivity index (χ0v) is 10.5. The number of benzene rings is 1. The molecule has 2 rings (SSSR count). The molecule has 1 aliphatic rings. The second-order valence-corrected chi connectivity index (χ2v) is 5.01. The molecule has 0 atom stereocenters. The molecule has 1 aromatic carbocycles. The molecule has 0 N–H and O–H groups in total. The van der Waals surface area contributed by atoms with Crippen LogP contribution >= 0.6 is 0 Å². The maximum Gasteiger partial charge on any atom is 0.122 e. The Morgan fingerprint density at radius 3 is 2.62 bits per heavy atom. The third kappa shape index (κ3) is 2.78. The lowest BCUT2D eigenvalue weighted by Gasteiger charge is -2.22. The summed E-state index contributed by atoms with van der Waals surface area (Å²) in [5, 5.41) is 0. The molecule has 0 radical (unpaired) electrons. The first kappa shape index (κ1) is 11.5. The molecule has 0 aliphatic heterocycles. The molecular formula is C15H22O. The van der Waals surface area contributed by atoms with E-state index in [1.54, 1.807) is 0 Å². The Kier molecular flexibility index (Phi) is 3.87. The van der Waals surface area contributed by atoms with Crippen LogP contribution in [0.1, 0.15) is 43.2 Å². The lowest BCUT2D eigenvalue weighted by molar-refractivity contribution is 0.208. The van der Waals surface area contributed by atoms with E-state index in [1.165, 1.54) is 43.2 Å². The molecule has 0 bridgehead atoms. The molecule has 0 saturated heterocycles. The van der Waals surface area contributed by atoms with E-state index in [2.05, 4.69) is 32.0 Å². The summed E-state index contributed by atoms with van der Waals surface area (Å²) < 4.78 is 5.96. The van der Waals surface area contributed by atoms with E-state index in [4.69, 9.17) is 4.74 Å². The highest BCUT2D eigenvalue weighted by Gasteiger charge is 2.14. The smallest absolute Gasteiger partial charge is 0.122 e. The topological polar surface area (TPSA) is 9.23 Å². The molecule has 0 amide bonds. The fraction of sp³-hybridized carbons (Fsp3) is 0.600. The second-order valence-electron chi connectivity index (χ2n) is 5.01. The van der Waals surface area contributed by atoms with Crippen molar-refractivity contribution >= 4 is 0 Å². The quantitative estimate of drug-likeness (QED) is 0.736. The minimum absolute atomic E-state index is 0.786. The van der Waals surface area contributed by atoms with E-state index in [-0.39, 0.29) is 0 Å². The van der Waals surface area contributed by atoms with Gasteiger partial charge in [-0.15, -0.1) is 0 Å². The van der Waals surface area contributed by atoms with Gasteiger partial charge in [-0.1, -0.05) is 31.4 Å². The first-order valence-corrected chi connectivity index (χ1v) is 6.46. The Balaban J connectivity index is 1.91. The van der Waals surface area contributed by atoms with Crippen molar-refractivity contribution in [3.63, 3.8) is 0 Å². The minimum atomic E-state index is 0.786. The zero-order valence-electron chi connectivity index (χ0n) is 10.5. The van der Waals surface area contributed by atoms with Gasteiger partial charge in [0.25, 0.3) is 0 Å². The van der Waals surface area contributed by atoms with Crippen LogP contribution in [0.3, 0.4) is 0 Å². The standard InChI is InChI=1S/C15H22O/c1-12-7-6-10-15(13(12)2)16-11-14-8-4-3-5-9-14/h6-7,10,14H,3-5,8-9,11H2,1-2H3. The lowest BCUT2D eigenvalue weighted by Crippen LogP contribution is -2.15. The van der Waals surface area contributed by atoms with Crippen LogP contribution in [-0.4, -0.2) is 6.61 Å². The molecule has 1 saturated carbocycles. The van der Waals surface area contributed by atoms with Crippen LogP contribution in [0.2, 0.25) is 0 Å². The molecular weight excluding hydrogens is 196 g/mol. The Hall–Kier alpha value is -0.980. The predicted molar refractivity (Wildman–Crippen MR) is 68.0 cm³/mol. The third-order valence-electron chi connectivity index (χ3n) is 3.75. The van der Waals surface area contributed by atoms with E-state index in [0.29, 0.717) is 0 Å². The molecule has 1 aromatic rings. The molecule has 0 spiro atoms. The van der Waals surface area contributed by atoms with Crippen molar-refractivity contribution in [1.82, 2.24) is 0 Å². The van der Waals surface area contributed by atoms with Gasteiger partial charge >= 0.3 is 0 Å². The molecule has 0 heterocycles. The number of ether oxygens (including phenoxy) is 1. The average molecular weight is 218 g/mol. The fourth-order valence-electron chi connectivity index (χ4n) is 2.44. The SMILES string of the molecule is Cc1cccc(OCC2CCCCC2)c1C. The van der Waals surface area contributed by atoms with Crippen molar-refractivity contribution in [2.75, 3.05) is 6.61 Å².